The van der Waals surface area contributed by atoms with Gasteiger partial charge in [-0.3, -0.25) is 0 Å². The Hall–Kier alpha value is -1.17. The Morgan fingerprint density at radius 1 is 1.44 bits per heavy atom. The van der Waals surface area contributed by atoms with Crippen LogP contribution in [-0.2, 0) is 17.7 Å². The van der Waals surface area contributed by atoms with Gasteiger partial charge in [0.2, 0.25) is 0 Å². The number of amides is 1. The molecule has 1 aliphatic heterocycles. The lowest BCUT2D eigenvalue weighted by Crippen LogP contribution is -2.40. The third-order valence-corrected chi connectivity index (χ3v) is 2.95. The summed E-state index contributed by atoms with van der Waals surface area (Å²) in [4.78, 5) is 13.7. The summed E-state index contributed by atoms with van der Waals surface area (Å²) in [6.07, 6.45) is 0.440. The van der Waals surface area contributed by atoms with Crippen molar-refractivity contribution >= 4 is 22.0 Å². The number of halogens is 1. The number of carbonyl (C=O) groups excluding carboxylic acids is 1. The Kier molecular flexibility index (Phi) is 3.56. The van der Waals surface area contributed by atoms with Gasteiger partial charge in [0.1, 0.15) is 10.2 Å². The quantitative estimate of drug-likeness (QED) is 0.738. The van der Waals surface area contributed by atoms with Crippen molar-refractivity contribution in [3.8, 4) is 0 Å². The Bertz CT molecular complexity index is 471. The molecule has 18 heavy (non-hydrogen) atoms. The summed E-state index contributed by atoms with van der Waals surface area (Å²) in [5.41, 5.74) is 1.51. The molecule has 0 saturated heterocycles. The van der Waals surface area contributed by atoms with Gasteiger partial charge in [-0.1, -0.05) is 0 Å². The van der Waals surface area contributed by atoms with E-state index >= 15 is 0 Å². The topological polar surface area (TPSA) is 55.3 Å². The Morgan fingerprint density at radius 3 is 2.83 bits per heavy atom. The molecule has 2 rings (SSSR count). The SMILES string of the molecule is CC(C)(C)OC(=O)N1CCc2nnc(Br)cc2C1. The van der Waals surface area contributed by atoms with Gasteiger partial charge < -0.3 is 9.64 Å². The van der Waals surface area contributed by atoms with Crippen LogP contribution in [0.1, 0.15) is 32.0 Å². The van der Waals surface area contributed by atoms with Crippen molar-refractivity contribution in [2.45, 2.75) is 39.3 Å². The molecule has 0 saturated carbocycles. The van der Waals surface area contributed by atoms with E-state index in [2.05, 4.69) is 26.1 Å². The maximum Gasteiger partial charge on any atom is 0.410 e. The zero-order valence-electron chi connectivity index (χ0n) is 10.7. The van der Waals surface area contributed by atoms with Crippen LogP contribution in [0.5, 0.6) is 0 Å². The van der Waals surface area contributed by atoms with Crippen LogP contribution in [0.4, 0.5) is 4.79 Å². The number of aromatic nitrogens is 2. The number of ether oxygens (including phenoxy) is 1. The van der Waals surface area contributed by atoms with Crippen molar-refractivity contribution in [3.63, 3.8) is 0 Å². The van der Waals surface area contributed by atoms with E-state index in [1.807, 2.05) is 26.8 Å². The zero-order chi connectivity index (χ0) is 13.3. The molecule has 6 heteroatoms. The number of fused-ring (bicyclic) bond motifs is 1. The summed E-state index contributed by atoms with van der Waals surface area (Å²) in [6, 6.07) is 1.90. The molecular weight excluding hydrogens is 298 g/mol. The van der Waals surface area contributed by atoms with Gasteiger partial charge in [0, 0.05) is 13.0 Å². The minimum atomic E-state index is -0.464. The standard InChI is InChI=1S/C12H16BrN3O2/c1-12(2,3)18-11(17)16-5-4-9-8(7-16)6-10(13)15-14-9/h6H,4-5,7H2,1-3H3. The van der Waals surface area contributed by atoms with E-state index in [4.69, 9.17) is 4.74 Å². The molecule has 98 valence electrons. The maximum absolute atomic E-state index is 12.0. The van der Waals surface area contributed by atoms with Crippen LogP contribution in [0, 0.1) is 0 Å². The summed E-state index contributed by atoms with van der Waals surface area (Å²) in [7, 11) is 0. The molecular formula is C12H16BrN3O2. The van der Waals surface area contributed by atoms with E-state index < -0.39 is 5.60 Å². The minimum absolute atomic E-state index is 0.277. The lowest BCUT2D eigenvalue weighted by atomic mass is 10.1. The molecule has 0 bridgehead atoms. The molecule has 0 atom stereocenters. The lowest BCUT2D eigenvalue weighted by Gasteiger charge is -2.30. The van der Waals surface area contributed by atoms with Gasteiger partial charge in [-0.25, -0.2) is 4.79 Å². The normalized spacial score (nSPS) is 15.2. The molecule has 0 radical (unpaired) electrons. The second kappa shape index (κ2) is 4.84. The lowest BCUT2D eigenvalue weighted by molar-refractivity contribution is 0.0222. The first kappa shape index (κ1) is 13.3. The molecule has 0 aromatic carbocycles. The molecule has 0 fully saturated rings. The molecule has 0 N–H and O–H groups in total. The molecule has 2 heterocycles. The van der Waals surface area contributed by atoms with Gasteiger partial charge in [-0.05, 0) is 48.3 Å². The number of rotatable bonds is 0. The highest BCUT2D eigenvalue weighted by Crippen LogP contribution is 2.21. The van der Waals surface area contributed by atoms with Gasteiger partial charge in [0.25, 0.3) is 0 Å². The highest BCUT2D eigenvalue weighted by molar-refractivity contribution is 9.10. The fourth-order valence-electron chi connectivity index (χ4n) is 1.78. The molecule has 1 aromatic heterocycles. The van der Waals surface area contributed by atoms with Gasteiger partial charge in [0.05, 0.1) is 12.2 Å². The molecule has 0 unspecified atom stereocenters. The van der Waals surface area contributed by atoms with E-state index in [0.29, 0.717) is 17.7 Å². The van der Waals surface area contributed by atoms with Crippen LogP contribution < -0.4 is 0 Å². The molecule has 1 aromatic rings. The smallest absolute Gasteiger partial charge is 0.410 e. The number of nitrogens with zero attached hydrogens (tertiary/aromatic N) is 3. The predicted octanol–water partition coefficient (Wildman–Crippen LogP) is 2.53. The maximum atomic E-state index is 12.0. The molecule has 0 spiro atoms. The van der Waals surface area contributed by atoms with Crippen molar-refractivity contribution in [2.75, 3.05) is 6.54 Å². The first-order valence-electron chi connectivity index (χ1n) is 5.84. The van der Waals surface area contributed by atoms with Crippen LogP contribution >= 0.6 is 15.9 Å². The van der Waals surface area contributed by atoms with Crippen LogP contribution in [0.25, 0.3) is 0 Å². The molecule has 1 aliphatic rings. The molecule has 1 amide bonds. The zero-order valence-corrected chi connectivity index (χ0v) is 12.3. The fraction of sp³-hybridized carbons (Fsp3) is 0.583. The van der Waals surface area contributed by atoms with E-state index in [0.717, 1.165) is 17.7 Å². The van der Waals surface area contributed by atoms with E-state index in [1.165, 1.54) is 0 Å². The van der Waals surface area contributed by atoms with Crippen molar-refractivity contribution in [3.05, 3.63) is 21.9 Å². The largest absolute Gasteiger partial charge is 0.444 e. The third kappa shape index (κ3) is 3.19. The van der Waals surface area contributed by atoms with Crippen LogP contribution in [0.2, 0.25) is 0 Å². The summed E-state index contributed by atoms with van der Waals surface area (Å²) < 4.78 is 6.05. The van der Waals surface area contributed by atoms with Crippen molar-refractivity contribution < 1.29 is 9.53 Å². The highest BCUT2D eigenvalue weighted by Gasteiger charge is 2.26. The van der Waals surface area contributed by atoms with E-state index in [9.17, 15) is 4.79 Å². The highest BCUT2D eigenvalue weighted by atomic mass is 79.9. The molecule has 5 nitrogen and oxygen atoms in total. The van der Waals surface area contributed by atoms with Gasteiger partial charge in [0.15, 0.2) is 0 Å². The fourth-order valence-corrected chi connectivity index (χ4v) is 2.14. The second-order valence-electron chi connectivity index (χ2n) is 5.29. The number of hydrogen-bond donors (Lipinski definition) is 0. The van der Waals surface area contributed by atoms with E-state index in [-0.39, 0.29) is 6.09 Å². The summed E-state index contributed by atoms with van der Waals surface area (Å²) >= 11 is 3.29. The van der Waals surface area contributed by atoms with Crippen LogP contribution in [0.15, 0.2) is 10.7 Å². The average Bonchev–Trinajstić information content (AvgIpc) is 2.25. The van der Waals surface area contributed by atoms with Gasteiger partial charge in [-0.2, -0.15) is 5.10 Å². The van der Waals surface area contributed by atoms with Gasteiger partial charge >= 0.3 is 6.09 Å². The van der Waals surface area contributed by atoms with Crippen molar-refractivity contribution in [1.82, 2.24) is 15.1 Å². The summed E-state index contributed by atoms with van der Waals surface area (Å²) in [5.74, 6) is 0. The Balaban J connectivity index is 2.09. The Labute approximate surface area is 115 Å². The summed E-state index contributed by atoms with van der Waals surface area (Å²) in [5, 5.41) is 8.07. The van der Waals surface area contributed by atoms with Crippen LogP contribution in [0.3, 0.4) is 0 Å². The van der Waals surface area contributed by atoms with Crippen molar-refractivity contribution in [2.24, 2.45) is 0 Å². The predicted molar refractivity (Wildman–Crippen MR) is 70.1 cm³/mol. The Morgan fingerprint density at radius 2 is 2.17 bits per heavy atom. The monoisotopic (exact) mass is 313 g/mol. The summed E-state index contributed by atoms with van der Waals surface area (Å²) in [6.45, 7) is 6.75. The number of hydrogen-bond acceptors (Lipinski definition) is 4. The first-order chi connectivity index (χ1) is 8.35. The second-order valence-corrected chi connectivity index (χ2v) is 6.10. The minimum Gasteiger partial charge on any atom is -0.444 e. The first-order valence-corrected chi connectivity index (χ1v) is 6.63. The van der Waals surface area contributed by atoms with E-state index in [1.54, 1.807) is 4.90 Å². The van der Waals surface area contributed by atoms with Crippen LogP contribution in [-0.4, -0.2) is 33.3 Å². The average molecular weight is 314 g/mol. The van der Waals surface area contributed by atoms with Crippen molar-refractivity contribution in [1.29, 1.82) is 0 Å². The molecule has 0 aliphatic carbocycles. The van der Waals surface area contributed by atoms with Gasteiger partial charge in [-0.15, -0.1) is 5.10 Å². The third-order valence-electron chi connectivity index (χ3n) is 2.56. The number of carbonyl (C=O) groups is 1.